The van der Waals surface area contributed by atoms with Crippen LogP contribution < -0.4 is 0 Å². The van der Waals surface area contributed by atoms with E-state index in [2.05, 4.69) is 21.2 Å². The van der Waals surface area contributed by atoms with Gasteiger partial charge in [-0.05, 0) is 37.8 Å². The van der Waals surface area contributed by atoms with Crippen molar-refractivity contribution in [1.82, 2.24) is 15.1 Å². The molecule has 2 aliphatic rings. The molecule has 0 radical (unpaired) electrons. The van der Waals surface area contributed by atoms with E-state index in [-0.39, 0.29) is 0 Å². The Labute approximate surface area is 99.1 Å². The molecule has 0 bridgehead atoms. The summed E-state index contributed by atoms with van der Waals surface area (Å²) in [6.07, 6.45) is 6.78. The summed E-state index contributed by atoms with van der Waals surface area (Å²) in [5, 5.41) is 4.01. The van der Waals surface area contributed by atoms with Crippen LogP contribution in [0.15, 0.2) is 22.9 Å². The minimum absolute atomic E-state index is 0.534. The van der Waals surface area contributed by atoms with Gasteiger partial charge in [0.2, 0.25) is 0 Å². The Kier molecular flexibility index (Phi) is 1.86. The van der Waals surface area contributed by atoms with E-state index in [1.54, 1.807) is 0 Å². The third kappa shape index (κ3) is 1.73. The molecule has 4 heteroatoms. The molecule has 0 unspecified atom stereocenters. The van der Waals surface area contributed by atoms with Crippen molar-refractivity contribution in [2.45, 2.75) is 37.5 Å². The smallest absolute Gasteiger partial charge is 0.259 e. The number of aromatic nitrogens is 3. The zero-order valence-corrected chi connectivity index (χ0v) is 9.47. The van der Waals surface area contributed by atoms with Gasteiger partial charge in [-0.25, -0.2) is 0 Å². The monoisotopic (exact) mass is 227 g/mol. The highest BCUT2D eigenvalue weighted by Gasteiger charge is 2.29. The normalized spacial score (nSPS) is 19.5. The van der Waals surface area contributed by atoms with Crippen LogP contribution in [-0.4, -0.2) is 15.1 Å². The van der Waals surface area contributed by atoms with Crippen LogP contribution in [0.25, 0.3) is 11.5 Å². The van der Waals surface area contributed by atoms with Gasteiger partial charge in [0.25, 0.3) is 5.89 Å². The van der Waals surface area contributed by atoms with Crippen molar-refractivity contribution in [3.8, 4) is 11.5 Å². The summed E-state index contributed by atoms with van der Waals surface area (Å²) in [5.74, 6) is 2.67. The van der Waals surface area contributed by atoms with E-state index in [9.17, 15) is 0 Å². The van der Waals surface area contributed by atoms with Crippen molar-refractivity contribution in [2.24, 2.45) is 0 Å². The van der Waals surface area contributed by atoms with Gasteiger partial charge in [0.15, 0.2) is 5.82 Å². The summed E-state index contributed by atoms with van der Waals surface area (Å²) < 4.78 is 5.27. The second-order valence-electron chi connectivity index (χ2n) is 4.98. The number of hydrogen-bond donors (Lipinski definition) is 0. The van der Waals surface area contributed by atoms with Crippen molar-refractivity contribution in [3.63, 3.8) is 0 Å². The fraction of sp³-hybridized carbons (Fsp3) is 0.462. The SMILES string of the molecule is c1cc(C2CC2)ncc1-c1nc(C2CC2)no1. The Hall–Kier alpha value is -1.71. The van der Waals surface area contributed by atoms with E-state index < -0.39 is 0 Å². The second kappa shape index (κ2) is 3.39. The molecule has 2 aromatic heterocycles. The summed E-state index contributed by atoms with van der Waals surface area (Å²) in [5.41, 5.74) is 2.12. The number of hydrogen-bond acceptors (Lipinski definition) is 4. The summed E-state index contributed by atoms with van der Waals surface area (Å²) in [6.45, 7) is 0. The van der Waals surface area contributed by atoms with E-state index in [0.29, 0.717) is 17.7 Å². The van der Waals surface area contributed by atoms with Crippen LogP contribution in [0.1, 0.15) is 49.0 Å². The molecule has 0 aliphatic heterocycles. The van der Waals surface area contributed by atoms with Crippen LogP contribution in [0.4, 0.5) is 0 Å². The van der Waals surface area contributed by atoms with Gasteiger partial charge >= 0.3 is 0 Å². The zero-order valence-electron chi connectivity index (χ0n) is 9.47. The van der Waals surface area contributed by atoms with E-state index >= 15 is 0 Å². The lowest BCUT2D eigenvalue weighted by Gasteiger charge is -1.97. The van der Waals surface area contributed by atoms with Gasteiger partial charge in [-0.1, -0.05) is 5.16 Å². The van der Waals surface area contributed by atoms with Crippen molar-refractivity contribution >= 4 is 0 Å². The fourth-order valence-electron chi connectivity index (χ4n) is 2.01. The predicted octanol–water partition coefficient (Wildman–Crippen LogP) is 2.89. The van der Waals surface area contributed by atoms with Gasteiger partial charge in [-0.2, -0.15) is 4.98 Å². The number of pyridine rings is 1. The minimum Gasteiger partial charge on any atom is -0.334 e. The third-order valence-electron chi connectivity index (χ3n) is 3.41. The predicted molar refractivity (Wildman–Crippen MR) is 61.5 cm³/mol. The van der Waals surface area contributed by atoms with E-state index in [0.717, 1.165) is 11.4 Å². The molecule has 0 N–H and O–H groups in total. The van der Waals surface area contributed by atoms with Crippen LogP contribution in [0.3, 0.4) is 0 Å². The Morgan fingerprint density at radius 3 is 2.53 bits per heavy atom. The fourth-order valence-corrected chi connectivity index (χ4v) is 2.01. The van der Waals surface area contributed by atoms with Crippen molar-refractivity contribution < 1.29 is 4.52 Å². The molecule has 17 heavy (non-hydrogen) atoms. The molecule has 0 spiro atoms. The molecule has 0 saturated heterocycles. The summed E-state index contributed by atoms with van der Waals surface area (Å²) in [4.78, 5) is 8.87. The molecule has 2 aliphatic carbocycles. The lowest BCUT2D eigenvalue weighted by Crippen LogP contribution is -1.87. The molecule has 0 amide bonds. The van der Waals surface area contributed by atoms with Crippen LogP contribution in [0.2, 0.25) is 0 Å². The number of nitrogens with zero attached hydrogens (tertiary/aromatic N) is 3. The first-order valence-corrected chi connectivity index (χ1v) is 6.20. The third-order valence-corrected chi connectivity index (χ3v) is 3.41. The van der Waals surface area contributed by atoms with Gasteiger partial charge in [0, 0.05) is 23.7 Å². The maximum atomic E-state index is 5.27. The Morgan fingerprint density at radius 1 is 1.06 bits per heavy atom. The lowest BCUT2D eigenvalue weighted by molar-refractivity contribution is 0.422. The first-order chi connectivity index (χ1) is 8.40. The highest BCUT2D eigenvalue weighted by molar-refractivity contribution is 5.51. The Morgan fingerprint density at radius 2 is 1.88 bits per heavy atom. The molecule has 0 atom stereocenters. The summed E-state index contributed by atoms with van der Waals surface area (Å²) in [7, 11) is 0. The van der Waals surface area contributed by atoms with Crippen molar-refractivity contribution in [2.75, 3.05) is 0 Å². The molecular formula is C13H13N3O. The Balaban J connectivity index is 1.62. The van der Waals surface area contributed by atoms with Crippen LogP contribution in [-0.2, 0) is 0 Å². The zero-order chi connectivity index (χ0) is 11.2. The molecule has 2 fully saturated rings. The van der Waals surface area contributed by atoms with Crippen LogP contribution in [0, 0.1) is 0 Å². The maximum Gasteiger partial charge on any atom is 0.259 e. The van der Waals surface area contributed by atoms with Crippen molar-refractivity contribution in [1.29, 1.82) is 0 Å². The van der Waals surface area contributed by atoms with E-state index in [1.165, 1.54) is 31.4 Å². The largest absolute Gasteiger partial charge is 0.334 e. The molecule has 4 nitrogen and oxygen atoms in total. The molecule has 4 rings (SSSR count). The van der Waals surface area contributed by atoms with Gasteiger partial charge in [0.1, 0.15) is 0 Å². The summed E-state index contributed by atoms with van der Waals surface area (Å²) in [6, 6.07) is 4.11. The number of rotatable bonds is 3. The molecule has 0 aromatic carbocycles. The average molecular weight is 227 g/mol. The first kappa shape index (κ1) is 9.33. The van der Waals surface area contributed by atoms with Gasteiger partial charge in [0.05, 0.1) is 5.56 Å². The van der Waals surface area contributed by atoms with Crippen LogP contribution >= 0.6 is 0 Å². The first-order valence-electron chi connectivity index (χ1n) is 6.20. The highest BCUT2D eigenvalue weighted by atomic mass is 16.5. The molecular weight excluding hydrogens is 214 g/mol. The van der Waals surface area contributed by atoms with Gasteiger partial charge < -0.3 is 4.52 Å². The van der Waals surface area contributed by atoms with Gasteiger partial charge in [-0.3, -0.25) is 4.98 Å². The maximum absolute atomic E-state index is 5.27. The average Bonchev–Trinajstić information content (AvgIpc) is 3.28. The standard InChI is InChI=1S/C13H13N3O/c1-2-8(1)11-6-5-10(7-14-11)13-15-12(16-17-13)9-3-4-9/h5-9H,1-4H2. The molecule has 86 valence electrons. The summed E-state index contributed by atoms with van der Waals surface area (Å²) >= 11 is 0. The molecule has 2 heterocycles. The Bertz CT molecular complexity index is 538. The second-order valence-corrected chi connectivity index (χ2v) is 4.98. The quantitative estimate of drug-likeness (QED) is 0.809. The molecule has 2 saturated carbocycles. The van der Waals surface area contributed by atoms with Crippen molar-refractivity contribution in [3.05, 3.63) is 29.8 Å². The van der Waals surface area contributed by atoms with Gasteiger partial charge in [-0.15, -0.1) is 0 Å². The van der Waals surface area contributed by atoms with E-state index in [4.69, 9.17) is 4.52 Å². The van der Waals surface area contributed by atoms with Crippen LogP contribution in [0.5, 0.6) is 0 Å². The highest BCUT2D eigenvalue weighted by Crippen LogP contribution is 2.40. The van der Waals surface area contributed by atoms with E-state index in [1.807, 2.05) is 12.3 Å². The molecule has 2 aromatic rings. The topological polar surface area (TPSA) is 51.8 Å². The lowest BCUT2D eigenvalue weighted by atomic mass is 10.2. The minimum atomic E-state index is 0.534.